The van der Waals surface area contributed by atoms with Gasteiger partial charge in [-0.15, -0.1) is 0 Å². The third kappa shape index (κ3) is 7.12. The van der Waals surface area contributed by atoms with E-state index < -0.39 is 24.4 Å². The number of nitrogens with one attached hydrogen (secondary N) is 2. The monoisotopic (exact) mass is 546 g/mol. The quantitative estimate of drug-likeness (QED) is 0.195. The second kappa shape index (κ2) is 12.3. The highest BCUT2D eigenvalue weighted by atomic mass is 19.4. The fourth-order valence-corrected chi connectivity index (χ4v) is 4.51. The minimum absolute atomic E-state index is 0.0387. The van der Waals surface area contributed by atoms with E-state index in [9.17, 15) is 18.0 Å². The van der Waals surface area contributed by atoms with Gasteiger partial charge in [-0.1, -0.05) is 12.1 Å². The normalized spacial score (nSPS) is 17.0. The molecule has 39 heavy (non-hydrogen) atoms. The van der Waals surface area contributed by atoms with Crippen molar-refractivity contribution in [3.8, 4) is 5.75 Å². The number of hydrogen-bond donors (Lipinski definition) is 3. The Morgan fingerprint density at radius 2 is 2.05 bits per heavy atom. The number of nitrogens with zero attached hydrogens (tertiary/aromatic N) is 4. The van der Waals surface area contributed by atoms with E-state index >= 15 is 0 Å². The lowest BCUT2D eigenvalue weighted by Crippen LogP contribution is -2.40. The zero-order valence-corrected chi connectivity index (χ0v) is 21.4. The molecule has 1 aliphatic heterocycles. The molecule has 0 spiro atoms. The van der Waals surface area contributed by atoms with Crippen LogP contribution in [0.4, 0.5) is 23.8 Å². The predicted octanol–water partition coefficient (Wildman–Crippen LogP) is 4.35. The molecule has 208 valence electrons. The number of likely N-dealkylation sites (tertiary alicyclic amines) is 1. The van der Waals surface area contributed by atoms with Gasteiger partial charge in [-0.05, 0) is 43.2 Å². The van der Waals surface area contributed by atoms with Crippen molar-refractivity contribution in [2.75, 3.05) is 38.8 Å². The number of anilines is 1. The molecule has 2 atom stereocenters. The van der Waals surface area contributed by atoms with Crippen LogP contribution >= 0.6 is 0 Å². The minimum atomic E-state index is -4.55. The Balaban J connectivity index is 1.43. The first-order chi connectivity index (χ1) is 18.7. The van der Waals surface area contributed by atoms with Gasteiger partial charge >= 0.3 is 12.3 Å². The van der Waals surface area contributed by atoms with Gasteiger partial charge in [-0.3, -0.25) is 10.3 Å². The van der Waals surface area contributed by atoms with E-state index in [-0.39, 0.29) is 24.5 Å². The number of pyridine rings is 2. The van der Waals surface area contributed by atoms with Crippen molar-refractivity contribution in [1.82, 2.24) is 20.2 Å². The lowest BCUT2D eigenvalue weighted by Gasteiger charge is -2.30. The molecule has 0 radical (unpaired) electrons. The Kier molecular flexibility index (Phi) is 8.82. The van der Waals surface area contributed by atoms with Crippen LogP contribution in [0.5, 0.6) is 5.75 Å². The maximum Gasteiger partial charge on any atom is 0.408 e. The van der Waals surface area contributed by atoms with Crippen molar-refractivity contribution >= 4 is 29.0 Å². The summed E-state index contributed by atoms with van der Waals surface area (Å²) in [5.41, 5.74) is 4.89. The molecule has 1 aliphatic rings. The number of hydrogen-bond acceptors (Lipinski definition) is 8. The summed E-state index contributed by atoms with van der Waals surface area (Å²) in [7, 11) is 1.60. The second-order valence-electron chi connectivity index (χ2n) is 9.06. The molecule has 0 unspecified atom stereocenters. The number of aryl methyl sites for hydroxylation is 1. The second-order valence-corrected chi connectivity index (χ2v) is 9.06. The zero-order valence-electron chi connectivity index (χ0n) is 21.4. The maximum absolute atomic E-state index is 13.9. The lowest BCUT2D eigenvalue weighted by atomic mass is 10.1. The molecule has 3 N–H and O–H groups in total. The van der Waals surface area contributed by atoms with E-state index in [1.165, 1.54) is 23.2 Å². The van der Waals surface area contributed by atoms with E-state index in [4.69, 9.17) is 14.6 Å². The van der Waals surface area contributed by atoms with Crippen molar-refractivity contribution in [3.05, 3.63) is 59.4 Å². The number of aromatic nitrogens is 2. The number of ether oxygens (including phenoxy) is 2. The fraction of sp³-hybridized carbons (Fsp3) is 0.385. The van der Waals surface area contributed by atoms with Crippen LogP contribution in [0.25, 0.3) is 10.9 Å². The summed E-state index contributed by atoms with van der Waals surface area (Å²) < 4.78 is 52.5. The van der Waals surface area contributed by atoms with Crippen LogP contribution < -0.4 is 15.5 Å². The Bertz CT molecular complexity index is 1320. The van der Waals surface area contributed by atoms with Crippen LogP contribution in [0.15, 0.2) is 47.7 Å². The van der Waals surface area contributed by atoms with Crippen LogP contribution in [0, 0.1) is 6.92 Å². The third-order valence-corrected chi connectivity index (χ3v) is 6.33. The standard InChI is InChI=1S/C26H29F3N6O4/c1-16-21(39-12-11-38-2)7-4-17-3-6-19(32-23(16)17)14-31-34-22-8-5-18(13-30-22)24(26(27,28)29)35-10-9-20(15-35)33-25(36)37/h3-8,13-14,20,24,33H,9-12,15H2,1-2H3,(H,30,34)(H,36,37)/t20-,24+/m0/s1. The Labute approximate surface area is 222 Å². The highest BCUT2D eigenvalue weighted by Gasteiger charge is 2.47. The van der Waals surface area contributed by atoms with E-state index in [0.717, 1.165) is 22.7 Å². The van der Waals surface area contributed by atoms with Gasteiger partial charge in [0.05, 0.1) is 24.0 Å². The molecule has 13 heteroatoms. The Morgan fingerprint density at radius 3 is 2.74 bits per heavy atom. The van der Waals surface area contributed by atoms with Gasteiger partial charge in [-0.25, -0.2) is 14.8 Å². The van der Waals surface area contributed by atoms with E-state index in [0.29, 0.717) is 31.1 Å². The average Bonchev–Trinajstić information content (AvgIpc) is 3.32. The fourth-order valence-electron chi connectivity index (χ4n) is 4.51. The number of hydrazone groups is 1. The topological polar surface area (TPSA) is 121 Å². The summed E-state index contributed by atoms with van der Waals surface area (Å²) in [6.07, 6.45) is -2.87. The van der Waals surface area contributed by atoms with Crippen molar-refractivity contribution < 1.29 is 32.5 Å². The minimum Gasteiger partial charge on any atom is -0.491 e. The van der Waals surface area contributed by atoms with Crippen LogP contribution in [0.3, 0.4) is 0 Å². The molecule has 3 heterocycles. The number of alkyl halides is 3. The van der Waals surface area contributed by atoms with E-state index in [1.54, 1.807) is 13.2 Å². The van der Waals surface area contributed by atoms with Crippen LogP contribution in [0.1, 0.15) is 29.3 Å². The number of halogens is 3. The molecule has 1 saturated heterocycles. The van der Waals surface area contributed by atoms with Crippen LogP contribution in [-0.2, 0) is 4.74 Å². The molecular weight excluding hydrogens is 517 g/mol. The van der Waals surface area contributed by atoms with Crippen LogP contribution in [0.2, 0.25) is 0 Å². The van der Waals surface area contributed by atoms with Gasteiger partial charge in [-0.2, -0.15) is 18.3 Å². The predicted molar refractivity (Wildman–Crippen MR) is 139 cm³/mol. The Morgan fingerprint density at radius 1 is 1.26 bits per heavy atom. The molecule has 1 amide bonds. The highest BCUT2D eigenvalue weighted by Crippen LogP contribution is 2.39. The Hall–Kier alpha value is -3.97. The molecule has 0 bridgehead atoms. The maximum atomic E-state index is 13.9. The number of carboxylic acid groups (broad SMARTS) is 1. The number of amides is 1. The molecule has 1 aromatic carbocycles. The van der Waals surface area contributed by atoms with Crippen molar-refractivity contribution in [1.29, 1.82) is 0 Å². The van der Waals surface area contributed by atoms with Crippen LogP contribution in [-0.4, -0.2) is 77.9 Å². The molecule has 10 nitrogen and oxygen atoms in total. The summed E-state index contributed by atoms with van der Waals surface area (Å²) >= 11 is 0. The van der Waals surface area contributed by atoms with Crippen molar-refractivity contribution in [2.45, 2.75) is 31.6 Å². The molecule has 2 aromatic heterocycles. The van der Waals surface area contributed by atoms with Gasteiger partial charge in [0.15, 0.2) is 0 Å². The largest absolute Gasteiger partial charge is 0.491 e. The van der Waals surface area contributed by atoms with Gasteiger partial charge in [0.1, 0.15) is 24.2 Å². The number of fused-ring (bicyclic) bond motifs is 1. The molecule has 0 aliphatic carbocycles. The number of methoxy groups -OCH3 is 1. The van der Waals surface area contributed by atoms with Crippen molar-refractivity contribution in [2.24, 2.45) is 5.10 Å². The van der Waals surface area contributed by atoms with E-state index in [1.807, 2.05) is 25.1 Å². The van der Waals surface area contributed by atoms with Gasteiger partial charge < -0.3 is 19.9 Å². The molecule has 1 fully saturated rings. The summed E-state index contributed by atoms with van der Waals surface area (Å²) in [5, 5.41) is 16.2. The molecule has 0 saturated carbocycles. The summed E-state index contributed by atoms with van der Waals surface area (Å²) in [6, 6.07) is 7.81. The SMILES string of the molecule is COCCOc1ccc2ccc(C=NNc3ccc([C@@H](N4CC[C@H](NC(=O)O)C4)C(F)(F)F)cn3)nc2c1C. The third-order valence-electron chi connectivity index (χ3n) is 6.33. The molecular formula is C26H29F3N6O4. The molecule has 3 aromatic rings. The first-order valence-corrected chi connectivity index (χ1v) is 12.2. The van der Waals surface area contributed by atoms with Gasteiger partial charge in [0.25, 0.3) is 0 Å². The number of carbonyl (C=O) groups is 1. The first kappa shape index (κ1) is 28.0. The summed E-state index contributed by atoms with van der Waals surface area (Å²) in [6.45, 7) is 2.88. The van der Waals surface area contributed by atoms with Gasteiger partial charge in [0, 0.05) is 43.4 Å². The summed E-state index contributed by atoms with van der Waals surface area (Å²) in [5.74, 6) is 0.969. The zero-order chi connectivity index (χ0) is 28.0. The number of rotatable bonds is 10. The molecule has 4 rings (SSSR count). The average molecular weight is 547 g/mol. The number of benzene rings is 1. The highest BCUT2D eigenvalue weighted by molar-refractivity contribution is 5.88. The first-order valence-electron chi connectivity index (χ1n) is 12.2. The van der Waals surface area contributed by atoms with Crippen molar-refractivity contribution in [3.63, 3.8) is 0 Å². The van der Waals surface area contributed by atoms with E-state index in [2.05, 4.69) is 25.8 Å². The van der Waals surface area contributed by atoms with Gasteiger partial charge in [0.2, 0.25) is 0 Å². The lowest BCUT2D eigenvalue weighted by molar-refractivity contribution is -0.183. The smallest absolute Gasteiger partial charge is 0.408 e. The summed E-state index contributed by atoms with van der Waals surface area (Å²) in [4.78, 5) is 20.8.